The summed E-state index contributed by atoms with van der Waals surface area (Å²) in [5, 5.41) is 9.60. The number of amides is 2. The van der Waals surface area contributed by atoms with E-state index in [0.29, 0.717) is 12.5 Å². The summed E-state index contributed by atoms with van der Waals surface area (Å²) in [6, 6.07) is -0.213. The lowest BCUT2D eigenvalue weighted by molar-refractivity contribution is -0.142. The van der Waals surface area contributed by atoms with Gasteiger partial charge in [0.2, 0.25) is 0 Å². The maximum atomic E-state index is 13.0. The van der Waals surface area contributed by atoms with Crippen molar-refractivity contribution in [3.63, 3.8) is 0 Å². The Labute approximate surface area is 126 Å². The number of nitrogens with zero attached hydrogens (tertiary/aromatic N) is 2. The maximum absolute atomic E-state index is 13.0. The van der Waals surface area contributed by atoms with Gasteiger partial charge in [-0.3, -0.25) is 0 Å². The van der Waals surface area contributed by atoms with Crippen LogP contribution in [0.1, 0.15) is 52.4 Å². The number of carbonyl (C=O) groups excluding carboxylic acids is 1. The van der Waals surface area contributed by atoms with Crippen LogP contribution in [0.5, 0.6) is 0 Å². The fourth-order valence-electron chi connectivity index (χ4n) is 4.77. The van der Waals surface area contributed by atoms with Gasteiger partial charge in [-0.05, 0) is 57.8 Å². The number of likely N-dealkylation sites (tertiary alicyclic amines) is 2. The molecule has 3 unspecified atom stereocenters. The molecule has 1 N–H and O–H groups in total. The molecule has 2 heterocycles. The van der Waals surface area contributed by atoms with Crippen molar-refractivity contribution < 1.29 is 14.7 Å². The zero-order chi connectivity index (χ0) is 15.1. The topological polar surface area (TPSA) is 60.9 Å². The number of fused-ring (bicyclic) bond motifs is 1. The number of carbonyl (C=O) groups is 2. The van der Waals surface area contributed by atoms with Crippen LogP contribution in [-0.2, 0) is 4.79 Å². The zero-order valence-electron chi connectivity index (χ0n) is 13.0. The van der Waals surface area contributed by atoms with Crippen molar-refractivity contribution in [3.05, 3.63) is 0 Å². The fraction of sp³-hybridized carbons (Fsp3) is 0.875. The van der Waals surface area contributed by atoms with Crippen LogP contribution in [0.4, 0.5) is 4.79 Å². The van der Waals surface area contributed by atoms with Gasteiger partial charge in [-0.1, -0.05) is 6.42 Å². The Hall–Kier alpha value is -1.26. The third-order valence-corrected chi connectivity index (χ3v) is 5.80. The van der Waals surface area contributed by atoms with Crippen LogP contribution in [0.3, 0.4) is 0 Å². The van der Waals surface area contributed by atoms with Gasteiger partial charge in [-0.25, -0.2) is 9.59 Å². The molecule has 0 aromatic carbocycles. The van der Waals surface area contributed by atoms with Gasteiger partial charge < -0.3 is 14.9 Å². The summed E-state index contributed by atoms with van der Waals surface area (Å²) in [6.45, 7) is 4.80. The number of carboxylic acids is 1. The standard InChI is InChI=1S/C16H26N2O3/c1-10-5-3-6-11(2)18(10)16(21)17-9-12-7-4-8-13(12)14(17)15(19)20/h10-14H,3-9H2,1-2H3,(H,19,20)/t10-,11+,12?,13?,14?. The Balaban J connectivity index is 1.81. The Morgan fingerprint density at radius 2 is 1.62 bits per heavy atom. The van der Waals surface area contributed by atoms with E-state index in [0.717, 1.165) is 38.5 Å². The Morgan fingerprint density at radius 1 is 1.00 bits per heavy atom. The SMILES string of the molecule is C[C@@H]1CCC[C@H](C)N1C(=O)N1CC2CCCC2C1C(=O)O. The Bertz CT molecular complexity index is 429. The number of hydrogen-bond donors (Lipinski definition) is 1. The molecule has 0 spiro atoms. The number of rotatable bonds is 1. The number of carboxylic acid groups (broad SMARTS) is 1. The number of aliphatic carboxylic acids is 1. The quantitative estimate of drug-likeness (QED) is 0.808. The zero-order valence-corrected chi connectivity index (χ0v) is 13.0. The van der Waals surface area contributed by atoms with Crippen LogP contribution in [-0.4, -0.2) is 51.6 Å². The van der Waals surface area contributed by atoms with E-state index in [1.165, 1.54) is 0 Å². The molecule has 21 heavy (non-hydrogen) atoms. The van der Waals surface area contributed by atoms with Gasteiger partial charge >= 0.3 is 12.0 Å². The van der Waals surface area contributed by atoms with Crippen LogP contribution in [0.25, 0.3) is 0 Å². The smallest absolute Gasteiger partial charge is 0.326 e. The lowest BCUT2D eigenvalue weighted by atomic mass is 9.94. The average molecular weight is 294 g/mol. The molecule has 118 valence electrons. The molecule has 0 aromatic rings. The minimum atomic E-state index is -0.824. The molecule has 2 saturated heterocycles. The molecule has 1 aliphatic carbocycles. The van der Waals surface area contributed by atoms with Crippen molar-refractivity contribution in [1.29, 1.82) is 0 Å². The predicted octanol–water partition coefficient (Wildman–Crippen LogP) is 2.55. The van der Waals surface area contributed by atoms with Crippen molar-refractivity contribution in [2.45, 2.75) is 70.5 Å². The highest BCUT2D eigenvalue weighted by Crippen LogP contribution is 2.43. The highest BCUT2D eigenvalue weighted by molar-refractivity contribution is 5.84. The van der Waals surface area contributed by atoms with Crippen LogP contribution in [0.15, 0.2) is 0 Å². The molecule has 3 aliphatic rings. The minimum absolute atomic E-state index is 0.0449. The Morgan fingerprint density at radius 3 is 2.24 bits per heavy atom. The lowest BCUT2D eigenvalue weighted by Crippen LogP contribution is -2.56. The Kier molecular flexibility index (Phi) is 3.84. The van der Waals surface area contributed by atoms with Crippen LogP contribution in [0, 0.1) is 11.8 Å². The van der Waals surface area contributed by atoms with Crippen molar-refractivity contribution >= 4 is 12.0 Å². The van der Waals surface area contributed by atoms with Gasteiger partial charge in [0.25, 0.3) is 0 Å². The molecule has 1 saturated carbocycles. The van der Waals surface area contributed by atoms with Gasteiger partial charge in [0.1, 0.15) is 6.04 Å². The number of piperidine rings is 1. The van der Waals surface area contributed by atoms with Crippen molar-refractivity contribution in [1.82, 2.24) is 9.80 Å². The van der Waals surface area contributed by atoms with Gasteiger partial charge in [-0.15, -0.1) is 0 Å². The number of hydrogen-bond acceptors (Lipinski definition) is 2. The summed E-state index contributed by atoms with van der Waals surface area (Å²) >= 11 is 0. The third-order valence-electron chi connectivity index (χ3n) is 5.80. The summed E-state index contributed by atoms with van der Waals surface area (Å²) in [7, 11) is 0. The molecule has 5 heteroatoms. The van der Waals surface area contributed by atoms with E-state index in [9.17, 15) is 14.7 Å². The maximum Gasteiger partial charge on any atom is 0.326 e. The van der Waals surface area contributed by atoms with Crippen molar-refractivity contribution in [3.8, 4) is 0 Å². The second kappa shape index (κ2) is 5.50. The molecule has 2 amide bonds. The van der Waals surface area contributed by atoms with E-state index in [1.807, 2.05) is 4.90 Å². The summed E-state index contributed by atoms with van der Waals surface area (Å²) in [5.74, 6) is -0.262. The predicted molar refractivity (Wildman–Crippen MR) is 79.0 cm³/mol. The molecule has 0 aromatic heterocycles. The molecule has 0 radical (unpaired) electrons. The molecule has 2 aliphatic heterocycles. The first-order valence-electron chi connectivity index (χ1n) is 8.32. The average Bonchev–Trinajstić information content (AvgIpc) is 2.97. The highest BCUT2D eigenvalue weighted by Gasteiger charge is 2.51. The summed E-state index contributed by atoms with van der Waals surface area (Å²) in [6.07, 6.45) is 6.33. The van der Waals surface area contributed by atoms with Crippen molar-refractivity contribution in [2.24, 2.45) is 11.8 Å². The van der Waals surface area contributed by atoms with Crippen LogP contribution in [0.2, 0.25) is 0 Å². The van der Waals surface area contributed by atoms with Crippen molar-refractivity contribution in [2.75, 3.05) is 6.54 Å². The van der Waals surface area contributed by atoms with Gasteiger partial charge in [0, 0.05) is 18.6 Å². The second-order valence-corrected chi connectivity index (χ2v) is 7.11. The van der Waals surface area contributed by atoms with Gasteiger partial charge in [-0.2, -0.15) is 0 Å². The van der Waals surface area contributed by atoms with E-state index >= 15 is 0 Å². The van der Waals surface area contributed by atoms with Gasteiger partial charge in [0.15, 0.2) is 0 Å². The minimum Gasteiger partial charge on any atom is -0.480 e. The molecule has 3 rings (SSSR count). The highest BCUT2D eigenvalue weighted by atomic mass is 16.4. The summed E-state index contributed by atoms with van der Waals surface area (Å²) < 4.78 is 0. The fourth-order valence-corrected chi connectivity index (χ4v) is 4.77. The molecular formula is C16H26N2O3. The first kappa shape index (κ1) is 14.7. The molecule has 0 bridgehead atoms. The van der Waals surface area contributed by atoms with E-state index in [2.05, 4.69) is 13.8 Å². The van der Waals surface area contributed by atoms with Crippen LogP contribution >= 0.6 is 0 Å². The molecule has 5 atom stereocenters. The molecular weight excluding hydrogens is 268 g/mol. The third kappa shape index (κ3) is 2.40. The van der Waals surface area contributed by atoms with Crippen LogP contribution < -0.4 is 0 Å². The van der Waals surface area contributed by atoms with E-state index < -0.39 is 12.0 Å². The number of urea groups is 1. The summed E-state index contributed by atoms with van der Waals surface area (Å²) in [5.41, 5.74) is 0. The van der Waals surface area contributed by atoms with E-state index in [4.69, 9.17) is 0 Å². The summed E-state index contributed by atoms with van der Waals surface area (Å²) in [4.78, 5) is 28.2. The first-order chi connectivity index (χ1) is 10.0. The normalized spacial score (nSPS) is 39.4. The first-order valence-corrected chi connectivity index (χ1v) is 8.32. The van der Waals surface area contributed by atoms with E-state index in [-0.39, 0.29) is 24.0 Å². The van der Waals surface area contributed by atoms with E-state index in [1.54, 1.807) is 4.90 Å². The lowest BCUT2D eigenvalue weighted by Gasteiger charge is -2.42. The second-order valence-electron chi connectivity index (χ2n) is 7.11. The monoisotopic (exact) mass is 294 g/mol. The molecule has 5 nitrogen and oxygen atoms in total. The largest absolute Gasteiger partial charge is 0.480 e. The van der Waals surface area contributed by atoms with Gasteiger partial charge in [0.05, 0.1) is 0 Å². The molecule has 3 fully saturated rings.